The summed E-state index contributed by atoms with van der Waals surface area (Å²) in [6.07, 6.45) is 8.24. The molecule has 1 heteroatoms. The summed E-state index contributed by atoms with van der Waals surface area (Å²) in [7, 11) is 2.07. The first-order chi connectivity index (χ1) is 13.8. The zero-order valence-corrected chi connectivity index (χ0v) is 16.9. The predicted octanol–water partition coefficient (Wildman–Crippen LogP) is 6.64. The molecule has 0 spiro atoms. The molecule has 28 heavy (non-hydrogen) atoms. The predicted molar refractivity (Wildman–Crippen MR) is 119 cm³/mol. The van der Waals surface area contributed by atoms with Gasteiger partial charge in [0.15, 0.2) is 0 Å². The summed E-state index contributed by atoms with van der Waals surface area (Å²) in [6, 6.07) is 31.0. The molecule has 1 fully saturated rings. The van der Waals surface area contributed by atoms with E-state index in [1.165, 1.54) is 60.8 Å². The number of hydrogen-bond acceptors (Lipinski definition) is 1. The number of benzene rings is 3. The van der Waals surface area contributed by atoms with Crippen LogP contribution >= 0.6 is 0 Å². The zero-order chi connectivity index (χ0) is 19.2. The fourth-order valence-corrected chi connectivity index (χ4v) is 4.93. The summed E-state index contributed by atoms with van der Waals surface area (Å²) in [5.74, 6) is 0.731. The molecule has 3 aromatic carbocycles. The summed E-state index contributed by atoms with van der Waals surface area (Å²) in [4.78, 5) is 0. The van der Waals surface area contributed by atoms with Crippen LogP contribution in [0.15, 0.2) is 84.9 Å². The van der Waals surface area contributed by atoms with Gasteiger partial charge in [0.2, 0.25) is 0 Å². The molecule has 1 N–H and O–H groups in total. The molecule has 0 aliphatic heterocycles. The molecule has 0 amide bonds. The summed E-state index contributed by atoms with van der Waals surface area (Å²) in [5, 5.41) is 3.67. The lowest BCUT2D eigenvalue weighted by molar-refractivity contribution is 0.524. The third-order valence-corrected chi connectivity index (χ3v) is 6.46. The van der Waals surface area contributed by atoms with E-state index in [2.05, 4.69) is 97.3 Å². The van der Waals surface area contributed by atoms with Crippen LogP contribution in [0.1, 0.15) is 66.7 Å². The molecule has 1 saturated carbocycles. The van der Waals surface area contributed by atoms with Gasteiger partial charge < -0.3 is 5.32 Å². The van der Waals surface area contributed by atoms with Crippen LogP contribution in [0.2, 0.25) is 0 Å². The van der Waals surface area contributed by atoms with Gasteiger partial charge in [0.25, 0.3) is 0 Å². The molecule has 0 saturated heterocycles. The standard InChI is InChI=1S/C27H31N/c1-28-27(24-14-8-4-9-15-24,25-16-10-5-11-17-25)26-20-18-23(19-21-26)22-12-6-2-3-7-13-22/h4-5,8-11,14-22,28H,2-3,6-7,12-13H2,1H3. The van der Waals surface area contributed by atoms with Crippen molar-refractivity contribution in [2.24, 2.45) is 0 Å². The Balaban J connectivity index is 1.77. The highest BCUT2D eigenvalue weighted by atomic mass is 14.9. The minimum absolute atomic E-state index is 0.343. The van der Waals surface area contributed by atoms with Gasteiger partial charge in [-0.05, 0) is 48.1 Å². The first kappa shape index (κ1) is 19.0. The van der Waals surface area contributed by atoms with Crippen molar-refractivity contribution in [1.29, 1.82) is 0 Å². The smallest absolute Gasteiger partial charge is 0.0945 e. The Kier molecular flexibility index (Phi) is 5.92. The fraction of sp³-hybridized carbons (Fsp3) is 0.333. The van der Waals surface area contributed by atoms with Gasteiger partial charge in [-0.25, -0.2) is 0 Å². The minimum Gasteiger partial charge on any atom is -0.303 e. The largest absolute Gasteiger partial charge is 0.303 e. The molecule has 0 atom stereocenters. The van der Waals surface area contributed by atoms with Gasteiger partial charge in [-0.2, -0.15) is 0 Å². The average molecular weight is 370 g/mol. The van der Waals surface area contributed by atoms with Crippen molar-refractivity contribution in [3.8, 4) is 0 Å². The highest BCUT2D eigenvalue weighted by molar-refractivity contribution is 5.50. The highest BCUT2D eigenvalue weighted by Crippen LogP contribution is 2.38. The van der Waals surface area contributed by atoms with Crippen LogP contribution in [0.3, 0.4) is 0 Å². The first-order valence-electron chi connectivity index (χ1n) is 10.7. The van der Waals surface area contributed by atoms with E-state index < -0.39 is 0 Å². The maximum absolute atomic E-state index is 3.67. The summed E-state index contributed by atoms with van der Waals surface area (Å²) in [6.45, 7) is 0. The molecule has 0 heterocycles. The van der Waals surface area contributed by atoms with Crippen LogP contribution < -0.4 is 5.32 Å². The molecule has 0 aromatic heterocycles. The molecule has 144 valence electrons. The van der Waals surface area contributed by atoms with E-state index in [-0.39, 0.29) is 5.54 Å². The van der Waals surface area contributed by atoms with E-state index in [0.29, 0.717) is 0 Å². The monoisotopic (exact) mass is 369 g/mol. The third kappa shape index (κ3) is 3.64. The van der Waals surface area contributed by atoms with Gasteiger partial charge in [-0.3, -0.25) is 0 Å². The van der Waals surface area contributed by atoms with Crippen molar-refractivity contribution < 1.29 is 0 Å². The Morgan fingerprint density at radius 2 is 1.07 bits per heavy atom. The second-order valence-corrected chi connectivity index (χ2v) is 8.04. The van der Waals surface area contributed by atoms with E-state index in [9.17, 15) is 0 Å². The van der Waals surface area contributed by atoms with Crippen LogP contribution in [-0.4, -0.2) is 7.05 Å². The van der Waals surface area contributed by atoms with E-state index in [1.54, 1.807) is 0 Å². The molecule has 3 aromatic rings. The van der Waals surface area contributed by atoms with Crippen LogP contribution in [0, 0.1) is 0 Å². The topological polar surface area (TPSA) is 12.0 Å². The number of hydrogen-bond donors (Lipinski definition) is 1. The molecule has 1 aliphatic rings. The van der Waals surface area contributed by atoms with Crippen molar-refractivity contribution >= 4 is 0 Å². The summed E-state index contributed by atoms with van der Waals surface area (Å²) >= 11 is 0. The van der Waals surface area contributed by atoms with Crippen molar-refractivity contribution in [3.05, 3.63) is 107 Å². The Morgan fingerprint density at radius 3 is 1.54 bits per heavy atom. The fourth-order valence-electron chi connectivity index (χ4n) is 4.93. The molecule has 4 rings (SSSR count). The molecule has 0 bridgehead atoms. The van der Waals surface area contributed by atoms with Gasteiger partial charge in [-0.1, -0.05) is 111 Å². The third-order valence-electron chi connectivity index (χ3n) is 6.46. The van der Waals surface area contributed by atoms with Crippen molar-refractivity contribution in [2.45, 2.75) is 50.0 Å². The van der Waals surface area contributed by atoms with Gasteiger partial charge >= 0.3 is 0 Å². The Bertz CT molecular complexity index is 804. The summed E-state index contributed by atoms with van der Waals surface area (Å²) < 4.78 is 0. The van der Waals surface area contributed by atoms with E-state index in [4.69, 9.17) is 0 Å². The van der Waals surface area contributed by atoms with Crippen LogP contribution in [-0.2, 0) is 5.54 Å². The van der Waals surface area contributed by atoms with Gasteiger partial charge in [-0.15, -0.1) is 0 Å². The molecule has 0 radical (unpaired) electrons. The SMILES string of the molecule is CNC(c1ccccc1)(c1ccccc1)c1ccc(C2CCCCCC2)cc1. The Morgan fingerprint density at radius 1 is 0.607 bits per heavy atom. The van der Waals surface area contributed by atoms with E-state index in [1.807, 2.05) is 0 Å². The molecular weight excluding hydrogens is 338 g/mol. The van der Waals surface area contributed by atoms with Gasteiger partial charge in [0.05, 0.1) is 5.54 Å². The van der Waals surface area contributed by atoms with Crippen molar-refractivity contribution in [3.63, 3.8) is 0 Å². The summed E-state index contributed by atoms with van der Waals surface area (Å²) in [5.41, 5.74) is 5.00. The second kappa shape index (κ2) is 8.75. The highest BCUT2D eigenvalue weighted by Gasteiger charge is 2.34. The molecule has 0 unspecified atom stereocenters. The minimum atomic E-state index is -0.343. The van der Waals surface area contributed by atoms with Gasteiger partial charge in [0, 0.05) is 0 Å². The first-order valence-corrected chi connectivity index (χ1v) is 10.7. The quantitative estimate of drug-likeness (QED) is 0.393. The van der Waals surface area contributed by atoms with Crippen LogP contribution in [0.5, 0.6) is 0 Å². The Hall–Kier alpha value is -2.38. The normalized spacial score (nSPS) is 15.9. The lowest BCUT2D eigenvalue weighted by Gasteiger charge is -2.36. The lowest BCUT2D eigenvalue weighted by Crippen LogP contribution is -2.42. The number of rotatable bonds is 5. The Labute approximate surface area is 169 Å². The molecular formula is C27H31N. The van der Waals surface area contributed by atoms with Crippen LogP contribution in [0.25, 0.3) is 0 Å². The van der Waals surface area contributed by atoms with Gasteiger partial charge in [0.1, 0.15) is 0 Å². The molecule has 1 nitrogen and oxygen atoms in total. The van der Waals surface area contributed by atoms with Crippen molar-refractivity contribution in [2.75, 3.05) is 7.05 Å². The average Bonchev–Trinajstić information content (AvgIpc) is 3.06. The van der Waals surface area contributed by atoms with E-state index >= 15 is 0 Å². The van der Waals surface area contributed by atoms with Crippen LogP contribution in [0.4, 0.5) is 0 Å². The number of nitrogens with one attached hydrogen (secondary N) is 1. The van der Waals surface area contributed by atoms with E-state index in [0.717, 1.165) is 5.92 Å². The second-order valence-electron chi connectivity index (χ2n) is 8.04. The lowest BCUT2D eigenvalue weighted by atomic mass is 9.76. The maximum atomic E-state index is 3.67. The van der Waals surface area contributed by atoms with Crippen molar-refractivity contribution in [1.82, 2.24) is 5.32 Å². The maximum Gasteiger partial charge on any atom is 0.0945 e. The zero-order valence-electron chi connectivity index (χ0n) is 16.9. The molecule has 1 aliphatic carbocycles.